The van der Waals surface area contributed by atoms with Crippen molar-refractivity contribution in [1.82, 2.24) is 9.80 Å². The fourth-order valence-corrected chi connectivity index (χ4v) is 5.00. The van der Waals surface area contributed by atoms with E-state index in [4.69, 9.17) is 0 Å². The number of carbonyl (C=O) groups excluding carboxylic acids is 2. The number of carbonyl (C=O) groups is 2. The van der Waals surface area contributed by atoms with E-state index in [0.29, 0.717) is 12.1 Å². The molecule has 2 amide bonds. The van der Waals surface area contributed by atoms with Crippen LogP contribution in [0.25, 0.3) is 12.2 Å². The number of nitrogens with zero attached hydrogens (tertiary/aromatic N) is 2. The van der Waals surface area contributed by atoms with Crippen LogP contribution in [0.5, 0.6) is 0 Å². The minimum atomic E-state index is -0.248. The van der Waals surface area contributed by atoms with Crippen LogP contribution < -0.4 is 0 Å². The lowest BCUT2D eigenvalue weighted by Gasteiger charge is -2.58. The van der Waals surface area contributed by atoms with E-state index in [1.165, 1.54) is 0 Å². The molecule has 166 valence electrons. The highest BCUT2D eigenvalue weighted by Crippen LogP contribution is 2.43. The molecule has 2 aliphatic rings. The van der Waals surface area contributed by atoms with E-state index in [0.717, 1.165) is 16.7 Å². The van der Waals surface area contributed by atoms with Gasteiger partial charge in [-0.05, 0) is 28.8 Å². The third-order valence-electron chi connectivity index (χ3n) is 6.65. The van der Waals surface area contributed by atoms with Crippen LogP contribution in [0.2, 0.25) is 0 Å². The molecule has 0 spiro atoms. The van der Waals surface area contributed by atoms with Crippen LogP contribution in [0.1, 0.15) is 33.0 Å². The van der Waals surface area contributed by atoms with E-state index in [2.05, 4.69) is 48.6 Å². The van der Waals surface area contributed by atoms with Gasteiger partial charge in [-0.3, -0.25) is 9.59 Å². The maximum Gasteiger partial charge on any atom is 0.254 e. The first kappa shape index (κ1) is 21.2. The normalized spacial score (nSPS) is 22.2. The number of rotatable bonds is 5. The van der Waals surface area contributed by atoms with Gasteiger partial charge in [0.05, 0.1) is 18.7 Å². The van der Waals surface area contributed by atoms with Crippen LogP contribution in [0.4, 0.5) is 0 Å². The van der Waals surface area contributed by atoms with E-state index < -0.39 is 0 Å². The van der Waals surface area contributed by atoms with Crippen molar-refractivity contribution in [1.29, 1.82) is 0 Å². The Morgan fingerprint density at radius 2 is 1.48 bits per heavy atom. The van der Waals surface area contributed by atoms with Crippen molar-refractivity contribution in [3.05, 3.63) is 107 Å². The predicted octanol–water partition coefficient (Wildman–Crippen LogP) is 3.67. The van der Waals surface area contributed by atoms with Gasteiger partial charge in [0.2, 0.25) is 5.91 Å². The average Bonchev–Trinajstić information content (AvgIpc) is 2.85. The quantitative estimate of drug-likeness (QED) is 0.619. The number of aliphatic hydroxyl groups is 1. The molecule has 3 aromatic rings. The molecule has 2 aliphatic heterocycles. The molecule has 0 unspecified atom stereocenters. The zero-order valence-electron chi connectivity index (χ0n) is 18.2. The summed E-state index contributed by atoms with van der Waals surface area (Å²) in [7, 11) is 0. The molecule has 0 bridgehead atoms. The van der Waals surface area contributed by atoms with Crippen LogP contribution in [-0.2, 0) is 4.79 Å². The van der Waals surface area contributed by atoms with Gasteiger partial charge < -0.3 is 14.9 Å². The van der Waals surface area contributed by atoms with Crippen molar-refractivity contribution in [2.24, 2.45) is 0 Å². The molecule has 0 radical (unpaired) electrons. The summed E-state index contributed by atoms with van der Waals surface area (Å²) in [4.78, 5) is 29.2. The van der Waals surface area contributed by atoms with Crippen LogP contribution in [0, 0.1) is 0 Å². The van der Waals surface area contributed by atoms with Crippen LogP contribution >= 0.6 is 0 Å². The highest BCUT2D eigenvalue weighted by molar-refractivity contribution is 5.97. The van der Waals surface area contributed by atoms with E-state index in [1.807, 2.05) is 36.4 Å². The minimum absolute atomic E-state index is 0.00234. The molecule has 0 aliphatic carbocycles. The third-order valence-corrected chi connectivity index (χ3v) is 6.65. The first-order valence-electron chi connectivity index (χ1n) is 11.2. The van der Waals surface area contributed by atoms with Gasteiger partial charge in [0.15, 0.2) is 0 Å². The number of amides is 2. The molecule has 5 heteroatoms. The molecule has 2 saturated heterocycles. The predicted molar refractivity (Wildman–Crippen MR) is 128 cm³/mol. The van der Waals surface area contributed by atoms with Crippen LogP contribution in [-0.4, -0.2) is 58.5 Å². The standard InChI is InChI=1S/C28H26N2O3/c31-19-25-27(22-15-13-21(14-16-22)12-11-20-7-3-1-4-8-20)24-17-29(18-26(32)30(24)25)28(33)23-9-5-2-6-10-23/h1-16,24-25,27,31H,17-19H2/b12-11+/t24-,25+,27-/m1/s1. The Morgan fingerprint density at radius 1 is 0.879 bits per heavy atom. The maximum absolute atomic E-state index is 12.9. The molecule has 0 saturated carbocycles. The van der Waals surface area contributed by atoms with E-state index >= 15 is 0 Å². The first-order chi connectivity index (χ1) is 16.2. The zero-order chi connectivity index (χ0) is 22.8. The summed E-state index contributed by atoms with van der Waals surface area (Å²) in [6.07, 6.45) is 4.14. The lowest BCUT2D eigenvalue weighted by Crippen LogP contribution is -2.73. The molecule has 1 N–H and O–H groups in total. The van der Waals surface area contributed by atoms with Gasteiger partial charge in [0, 0.05) is 18.0 Å². The number of piperazine rings is 1. The smallest absolute Gasteiger partial charge is 0.254 e. The average molecular weight is 439 g/mol. The zero-order valence-corrected chi connectivity index (χ0v) is 18.2. The molecule has 0 aromatic heterocycles. The molecule has 3 aromatic carbocycles. The minimum Gasteiger partial charge on any atom is -0.394 e. The van der Waals surface area contributed by atoms with Crippen LogP contribution in [0.3, 0.4) is 0 Å². The van der Waals surface area contributed by atoms with Gasteiger partial charge in [-0.15, -0.1) is 0 Å². The Bertz CT molecular complexity index is 1160. The largest absolute Gasteiger partial charge is 0.394 e. The van der Waals surface area contributed by atoms with Crippen LogP contribution in [0.15, 0.2) is 84.9 Å². The van der Waals surface area contributed by atoms with E-state index in [1.54, 1.807) is 21.9 Å². The van der Waals surface area contributed by atoms with Crippen molar-refractivity contribution in [3.63, 3.8) is 0 Å². The lowest BCUT2D eigenvalue weighted by molar-refractivity contribution is -0.159. The number of hydrogen-bond acceptors (Lipinski definition) is 3. The fourth-order valence-electron chi connectivity index (χ4n) is 5.00. The molecular formula is C28H26N2O3. The molecule has 33 heavy (non-hydrogen) atoms. The van der Waals surface area contributed by atoms with Crippen molar-refractivity contribution >= 4 is 24.0 Å². The number of hydrogen-bond donors (Lipinski definition) is 1. The number of fused-ring (bicyclic) bond motifs is 1. The Morgan fingerprint density at radius 3 is 2.12 bits per heavy atom. The van der Waals surface area contributed by atoms with Gasteiger partial charge in [-0.1, -0.05) is 84.9 Å². The summed E-state index contributed by atoms with van der Waals surface area (Å²) >= 11 is 0. The molecule has 3 atom stereocenters. The summed E-state index contributed by atoms with van der Waals surface area (Å²) in [5.74, 6) is -0.234. The second-order valence-corrected chi connectivity index (χ2v) is 8.61. The maximum atomic E-state index is 12.9. The SMILES string of the molecule is O=C(c1ccccc1)N1CC(=O)N2[C@H](C1)[C@@H](c1ccc(/C=C/c3ccccc3)cc1)[C@@H]2CO. The van der Waals surface area contributed by atoms with E-state index in [-0.39, 0.29) is 43.0 Å². The number of benzene rings is 3. The van der Waals surface area contributed by atoms with Crippen molar-refractivity contribution in [2.75, 3.05) is 19.7 Å². The second kappa shape index (κ2) is 9.04. The van der Waals surface area contributed by atoms with Gasteiger partial charge >= 0.3 is 0 Å². The third kappa shape index (κ3) is 4.08. The lowest BCUT2D eigenvalue weighted by atomic mass is 9.73. The summed E-state index contributed by atoms with van der Waals surface area (Å²) in [5.41, 5.74) is 3.89. The van der Waals surface area contributed by atoms with Crippen molar-refractivity contribution in [3.8, 4) is 0 Å². The summed E-state index contributed by atoms with van der Waals surface area (Å²) in [6, 6.07) is 27.1. The Labute approximate surface area is 193 Å². The molecule has 5 rings (SSSR count). The van der Waals surface area contributed by atoms with Crippen molar-refractivity contribution in [2.45, 2.75) is 18.0 Å². The Hall–Kier alpha value is -3.70. The molecule has 2 fully saturated rings. The first-order valence-corrected chi connectivity index (χ1v) is 11.2. The molecule has 5 nitrogen and oxygen atoms in total. The van der Waals surface area contributed by atoms with Gasteiger partial charge in [-0.2, -0.15) is 0 Å². The fraction of sp³-hybridized carbons (Fsp3) is 0.214. The highest BCUT2D eigenvalue weighted by Gasteiger charge is 2.54. The van der Waals surface area contributed by atoms with Gasteiger partial charge in [-0.25, -0.2) is 0 Å². The molecular weight excluding hydrogens is 412 g/mol. The molecule has 2 heterocycles. The van der Waals surface area contributed by atoms with Crippen molar-refractivity contribution < 1.29 is 14.7 Å². The second-order valence-electron chi connectivity index (χ2n) is 8.61. The van der Waals surface area contributed by atoms with Gasteiger partial charge in [0.1, 0.15) is 6.54 Å². The summed E-state index contributed by atoms with van der Waals surface area (Å²) < 4.78 is 0. The highest BCUT2D eigenvalue weighted by atomic mass is 16.3. The monoisotopic (exact) mass is 438 g/mol. The van der Waals surface area contributed by atoms with E-state index in [9.17, 15) is 14.7 Å². The topological polar surface area (TPSA) is 60.9 Å². The number of aliphatic hydroxyl groups excluding tert-OH is 1. The summed E-state index contributed by atoms with van der Waals surface area (Å²) in [6.45, 7) is 0.433. The summed E-state index contributed by atoms with van der Waals surface area (Å²) in [5, 5.41) is 10.0. The Kier molecular flexibility index (Phi) is 5.80. The Balaban J connectivity index is 1.34. The van der Waals surface area contributed by atoms with Gasteiger partial charge in [0.25, 0.3) is 5.91 Å².